The topological polar surface area (TPSA) is 62.8 Å². The Kier molecular flexibility index (Phi) is 5.80. The average Bonchev–Trinajstić information content (AvgIpc) is 2.60. The maximum absolute atomic E-state index is 12.0. The molecule has 1 fully saturated rings. The Morgan fingerprint density at radius 1 is 1.25 bits per heavy atom. The van der Waals surface area contributed by atoms with Gasteiger partial charge in [-0.1, -0.05) is 6.42 Å². The number of amides is 2. The van der Waals surface area contributed by atoms with Crippen molar-refractivity contribution in [2.45, 2.75) is 38.6 Å². The van der Waals surface area contributed by atoms with Crippen molar-refractivity contribution >= 4 is 11.7 Å². The lowest BCUT2D eigenvalue weighted by molar-refractivity contribution is 0.159. The van der Waals surface area contributed by atoms with E-state index in [1.54, 1.807) is 6.07 Å². The van der Waals surface area contributed by atoms with Crippen LogP contribution in [-0.4, -0.2) is 49.8 Å². The van der Waals surface area contributed by atoms with Gasteiger partial charge in [0.15, 0.2) is 11.5 Å². The van der Waals surface area contributed by atoms with Gasteiger partial charge < -0.3 is 25.0 Å². The highest BCUT2D eigenvalue weighted by Crippen LogP contribution is 2.32. The molecule has 2 aliphatic heterocycles. The maximum atomic E-state index is 12.0. The van der Waals surface area contributed by atoms with Gasteiger partial charge in [0.2, 0.25) is 0 Å². The highest BCUT2D eigenvalue weighted by molar-refractivity contribution is 5.89. The van der Waals surface area contributed by atoms with Gasteiger partial charge in [0.25, 0.3) is 0 Å². The lowest BCUT2D eigenvalue weighted by Gasteiger charge is -2.33. The van der Waals surface area contributed by atoms with E-state index in [0.717, 1.165) is 18.7 Å². The number of nitrogens with zero attached hydrogens (tertiary/aromatic N) is 1. The van der Waals surface area contributed by atoms with Gasteiger partial charge in [0.05, 0.1) is 0 Å². The van der Waals surface area contributed by atoms with E-state index in [1.165, 1.54) is 25.8 Å². The molecule has 2 amide bonds. The molecular formula is C18H27N3O3. The van der Waals surface area contributed by atoms with Crippen molar-refractivity contribution in [2.24, 2.45) is 0 Å². The van der Waals surface area contributed by atoms with Crippen LogP contribution in [0, 0.1) is 0 Å². The van der Waals surface area contributed by atoms with Crippen LogP contribution >= 0.6 is 0 Å². The van der Waals surface area contributed by atoms with E-state index in [-0.39, 0.29) is 6.03 Å². The SMILES string of the molecule is CC1CCCCN1CCCNC(=O)Nc1ccc2c(c1)OCCO2. The smallest absolute Gasteiger partial charge is 0.319 e. The fraction of sp³-hybridized carbons (Fsp3) is 0.611. The molecule has 2 N–H and O–H groups in total. The summed E-state index contributed by atoms with van der Waals surface area (Å²) in [5, 5.41) is 5.76. The van der Waals surface area contributed by atoms with Gasteiger partial charge in [-0.05, 0) is 44.9 Å². The van der Waals surface area contributed by atoms with Gasteiger partial charge in [0.1, 0.15) is 13.2 Å². The monoisotopic (exact) mass is 333 g/mol. The molecular weight excluding hydrogens is 306 g/mol. The molecule has 6 heteroatoms. The minimum Gasteiger partial charge on any atom is -0.486 e. The first-order valence-corrected chi connectivity index (χ1v) is 8.91. The molecule has 2 heterocycles. The van der Waals surface area contributed by atoms with Crippen LogP contribution in [0.4, 0.5) is 10.5 Å². The van der Waals surface area contributed by atoms with Gasteiger partial charge in [-0.3, -0.25) is 0 Å². The van der Waals surface area contributed by atoms with Crippen molar-refractivity contribution in [3.05, 3.63) is 18.2 Å². The maximum Gasteiger partial charge on any atom is 0.319 e. The first-order chi connectivity index (χ1) is 11.7. The first kappa shape index (κ1) is 16.9. The Labute approximate surface area is 143 Å². The Morgan fingerprint density at radius 2 is 2.08 bits per heavy atom. The molecule has 1 unspecified atom stereocenters. The number of likely N-dealkylation sites (tertiary alicyclic amines) is 1. The minimum atomic E-state index is -0.182. The van der Waals surface area contributed by atoms with Gasteiger partial charge in [-0.25, -0.2) is 4.79 Å². The third kappa shape index (κ3) is 4.54. The normalized spacial score (nSPS) is 20.5. The summed E-state index contributed by atoms with van der Waals surface area (Å²) in [4.78, 5) is 14.5. The predicted octanol–water partition coefficient (Wildman–Crippen LogP) is 2.84. The summed E-state index contributed by atoms with van der Waals surface area (Å²) in [5.74, 6) is 1.40. The summed E-state index contributed by atoms with van der Waals surface area (Å²) in [6.45, 7) is 6.31. The second kappa shape index (κ2) is 8.24. The molecule has 3 rings (SSSR count). The average molecular weight is 333 g/mol. The van der Waals surface area contributed by atoms with E-state index >= 15 is 0 Å². The number of hydrogen-bond acceptors (Lipinski definition) is 4. The summed E-state index contributed by atoms with van der Waals surface area (Å²) in [6, 6.07) is 5.93. The fourth-order valence-electron chi connectivity index (χ4n) is 3.27. The molecule has 1 saturated heterocycles. The van der Waals surface area contributed by atoms with E-state index in [2.05, 4.69) is 22.5 Å². The van der Waals surface area contributed by atoms with Crippen molar-refractivity contribution < 1.29 is 14.3 Å². The molecule has 24 heavy (non-hydrogen) atoms. The Hall–Kier alpha value is -1.95. The largest absolute Gasteiger partial charge is 0.486 e. The standard InChI is InChI=1S/C18H27N3O3/c1-14-5-2-3-9-21(14)10-4-8-19-18(22)20-15-6-7-16-17(13-15)24-12-11-23-16/h6-7,13-14H,2-5,8-12H2,1H3,(H2,19,20,22). The van der Waals surface area contributed by atoms with Crippen LogP contribution in [-0.2, 0) is 0 Å². The number of fused-ring (bicyclic) bond motifs is 1. The number of rotatable bonds is 5. The number of hydrogen-bond donors (Lipinski definition) is 2. The number of urea groups is 1. The number of piperidine rings is 1. The molecule has 0 bridgehead atoms. The van der Waals surface area contributed by atoms with Crippen LogP contribution in [0.25, 0.3) is 0 Å². The fourth-order valence-corrected chi connectivity index (χ4v) is 3.27. The van der Waals surface area contributed by atoms with Crippen molar-refractivity contribution in [1.82, 2.24) is 10.2 Å². The highest BCUT2D eigenvalue weighted by atomic mass is 16.6. The third-order valence-corrected chi connectivity index (χ3v) is 4.65. The third-order valence-electron chi connectivity index (χ3n) is 4.65. The number of anilines is 1. The van der Waals surface area contributed by atoms with E-state index in [0.29, 0.717) is 37.2 Å². The zero-order chi connectivity index (χ0) is 16.8. The molecule has 1 aromatic carbocycles. The van der Waals surface area contributed by atoms with Crippen molar-refractivity contribution in [3.63, 3.8) is 0 Å². The van der Waals surface area contributed by atoms with Crippen LogP contribution in [0.1, 0.15) is 32.6 Å². The van der Waals surface area contributed by atoms with E-state index in [1.807, 2.05) is 12.1 Å². The van der Waals surface area contributed by atoms with Gasteiger partial charge in [-0.2, -0.15) is 0 Å². The highest BCUT2D eigenvalue weighted by Gasteiger charge is 2.17. The van der Waals surface area contributed by atoms with Crippen molar-refractivity contribution in [3.8, 4) is 11.5 Å². The summed E-state index contributed by atoms with van der Waals surface area (Å²) >= 11 is 0. The van der Waals surface area contributed by atoms with Crippen molar-refractivity contribution in [1.29, 1.82) is 0 Å². The van der Waals surface area contributed by atoms with Crippen LogP contribution < -0.4 is 20.1 Å². The van der Waals surface area contributed by atoms with Crippen molar-refractivity contribution in [2.75, 3.05) is 38.2 Å². The molecule has 0 radical (unpaired) electrons. The first-order valence-electron chi connectivity index (χ1n) is 8.91. The molecule has 0 spiro atoms. The minimum absolute atomic E-state index is 0.182. The lowest BCUT2D eigenvalue weighted by atomic mass is 10.0. The van der Waals surface area contributed by atoms with Gasteiger partial charge >= 0.3 is 6.03 Å². The lowest BCUT2D eigenvalue weighted by Crippen LogP contribution is -2.39. The summed E-state index contributed by atoms with van der Waals surface area (Å²) in [7, 11) is 0. The molecule has 2 aliphatic rings. The molecule has 6 nitrogen and oxygen atoms in total. The van der Waals surface area contributed by atoms with Gasteiger partial charge in [0, 0.05) is 30.9 Å². The molecule has 0 saturated carbocycles. The van der Waals surface area contributed by atoms with Crippen LogP contribution in [0.2, 0.25) is 0 Å². The van der Waals surface area contributed by atoms with E-state index in [9.17, 15) is 4.79 Å². The number of benzene rings is 1. The molecule has 0 aromatic heterocycles. The van der Waals surface area contributed by atoms with E-state index in [4.69, 9.17) is 9.47 Å². The Balaban J connectivity index is 1.38. The summed E-state index contributed by atoms with van der Waals surface area (Å²) in [6.07, 6.45) is 4.90. The molecule has 1 aromatic rings. The summed E-state index contributed by atoms with van der Waals surface area (Å²) < 4.78 is 11.0. The predicted molar refractivity (Wildman–Crippen MR) is 94.0 cm³/mol. The second-order valence-electron chi connectivity index (χ2n) is 6.47. The quantitative estimate of drug-likeness (QED) is 0.814. The molecule has 1 atom stereocenters. The Morgan fingerprint density at radius 3 is 2.92 bits per heavy atom. The number of nitrogens with one attached hydrogen (secondary N) is 2. The zero-order valence-electron chi connectivity index (χ0n) is 14.3. The van der Waals surface area contributed by atoms with Crippen LogP contribution in [0.5, 0.6) is 11.5 Å². The van der Waals surface area contributed by atoms with Gasteiger partial charge in [-0.15, -0.1) is 0 Å². The summed E-state index contributed by atoms with van der Waals surface area (Å²) in [5.41, 5.74) is 0.710. The van der Waals surface area contributed by atoms with E-state index < -0.39 is 0 Å². The van der Waals surface area contributed by atoms with Crippen LogP contribution in [0.3, 0.4) is 0 Å². The number of ether oxygens (including phenoxy) is 2. The zero-order valence-corrected chi connectivity index (χ0v) is 14.3. The molecule has 132 valence electrons. The number of carbonyl (C=O) groups is 1. The van der Waals surface area contributed by atoms with Crippen LogP contribution in [0.15, 0.2) is 18.2 Å². The number of carbonyl (C=O) groups excluding carboxylic acids is 1. The Bertz CT molecular complexity index is 564. The second-order valence-corrected chi connectivity index (χ2v) is 6.47. The molecule has 0 aliphatic carbocycles.